The fraction of sp³-hybridized carbons (Fsp3) is 0.747. The fourth-order valence-electron chi connectivity index (χ4n) is 15.0. The van der Waals surface area contributed by atoms with Gasteiger partial charge in [0, 0.05) is 6.42 Å². The highest BCUT2D eigenvalue weighted by Crippen LogP contribution is 2.34. The summed E-state index contributed by atoms with van der Waals surface area (Å²) >= 11 is 0. The van der Waals surface area contributed by atoms with Gasteiger partial charge >= 0.3 is 0 Å². The SMILES string of the molecule is CC/C=C\C/C=C\C/C=C\C/C=C\C/C=C\C/C=C\C/C=C\C/C=C\C/C=C\C/C=C\C/C=C\C/C=C\CCCCCCC(=O)NC(COC1OC(CO)C(OC2OC(CO)C(OC3OC(CO)C(O)C(O)C3O)C(O)C2O)C(O)C1O)C(O)CCCCCCCCCCCCCCCCCCCCCCCCCCCCCCCCCC. The molecule has 0 saturated carbocycles. The molecule has 0 aromatic rings. The number of hydrogen-bond acceptors (Lipinski definition) is 18. The van der Waals surface area contributed by atoms with E-state index in [2.05, 4.69) is 165 Å². The van der Waals surface area contributed by atoms with Gasteiger partial charge in [0.1, 0.15) is 73.2 Å². The zero-order valence-electron chi connectivity index (χ0n) is 73.3. The molecule has 3 aliphatic heterocycles. The number of ether oxygens (including phenoxy) is 6. The van der Waals surface area contributed by atoms with E-state index in [1.54, 1.807) is 0 Å². The van der Waals surface area contributed by atoms with E-state index in [0.29, 0.717) is 19.3 Å². The summed E-state index contributed by atoms with van der Waals surface area (Å²) in [6.45, 7) is 1.70. The number of carbonyl (C=O) groups excluding carboxylic acids is 1. The summed E-state index contributed by atoms with van der Waals surface area (Å²) in [5, 5.41) is 121. The highest BCUT2D eigenvalue weighted by atomic mass is 16.8. The van der Waals surface area contributed by atoms with Crippen LogP contribution < -0.4 is 5.32 Å². The normalized spacial score (nSPS) is 25.0. The second-order valence-electron chi connectivity index (χ2n) is 32.7. The van der Waals surface area contributed by atoms with Crippen LogP contribution in [0.5, 0.6) is 0 Å². The molecule has 3 rings (SSSR count). The molecule has 0 radical (unpaired) electrons. The van der Waals surface area contributed by atoms with Crippen LogP contribution in [0.4, 0.5) is 0 Å². The first kappa shape index (κ1) is 108. The molecule has 1 amide bonds. The van der Waals surface area contributed by atoms with E-state index in [4.69, 9.17) is 28.4 Å². The van der Waals surface area contributed by atoms with Gasteiger partial charge in [-0.3, -0.25) is 4.79 Å². The van der Waals surface area contributed by atoms with Gasteiger partial charge in [0.2, 0.25) is 5.91 Å². The summed E-state index contributed by atoms with van der Waals surface area (Å²) < 4.78 is 34.6. The minimum absolute atomic E-state index is 0.228. The summed E-state index contributed by atoms with van der Waals surface area (Å²) in [7, 11) is 0. The van der Waals surface area contributed by atoms with Crippen LogP contribution in [0, 0.1) is 0 Å². The van der Waals surface area contributed by atoms with Crippen LogP contribution in [0.1, 0.15) is 341 Å². The van der Waals surface area contributed by atoms with Crippen molar-refractivity contribution < 1.29 is 89.4 Å². The van der Waals surface area contributed by atoms with Crippen molar-refractivity contribution in [3.8, 4) is 0 Å². The standard InChI is InChI=1S/C99H169NO18/c1-3-5-7-9-11-13-15-17-19-21-23-25-27-29-31-33-35-37-38-39-40-41-42-43-44-45-47-49-51-53-55-57-59-61-63-65-67-69-71-73-75-77-87(105)100-82(83(104)76-74-72-70-68-66-64-62-60-58-56-54-52-50-48-46-36-34-32-30-28-26-24-22-20-18-16-14-12-10-8-6-4-2)81-113-97-93(111)90(108)95(85(79-102)115-97)118-99-94(112)91(109)96(86(80-103)116-99)117-98-92(110)89(107)88(106)84(78-101)114-98/h5,7,11,13,17,19,23,25,29,31,35,37,39-40,42-43,45,47,51,53,57,59,63,65,82-86,88-99,101-104,106-112H,3-4,6,8-10,12,14-16,18,20-22,24,26-28,30,32-34,36,38,41,44,46,48-50,52,54-56,58,60-62,64,66-81H2,1-2H3,(H,100,105)/b7-5-,13-11-,19-17-,25-23-,31-29-,37-35-,40-39-,43-42-,47-45-,53-51-,59-57-,65-63-. The molecule has 12 N–H and O–H groups in total. The van der Waals surface area contributed by atoms with Gasteiger partial charge in [-0.25, -0.2) is 0 Å². The average molecular weight is 1660 g/mol. The van der Waals surface area contributed by atoms with Crippen molar-refractivity contribution in [2.45, 2.75) is 446 Å². The molecule has 0 aromatic heterocycles. The van der Waals surface area contributed by atoms with E-state index in [-0.39, 0.29) is 18.9 Å². The van der Waals surface area contributed by atoms with Gasteiger partial charge in [0.05, 0.1) is 38.6 Å². The van der Waals surface area contributed by atoms with E-state index >= 15 is 0 Å². The molecular formula is C99H169NO18. The first-order valence-corrected chi connectivity index (χ1v) is 47.1. The lowest BCUT2D eigenvalue weighted by Crippen LogP contribution is -2.66. The Bertz CT molecular complexity index is 2700. The van der Waals surface area contributed by atoms with Crippen LogP contribution in [0.25, 0.3) is 0 Å². The van der Waals surface area contributed by atoms with Crippen LogP contribution in [0.15, 0.2) is 146 Å². The van der Waals surface area contributed by atoms with E-state index in [1.165, 1.54) is 180 Å². The molecule has 0 bridgehead atoms. The zero-order chi connectivity index (χ0) is 85.2. The van der Waals surface area contributed by atoms with Crippen LogP contribution in [0.2, 0.25) is 0 Å². The van der Waals surface area contributed by atoms with Crippen molar-refractivity contribution in [3.05, 3.63) is 146 Å². The van der Waals surface area contributed by atoms with Gasteiger partial charge in [-0.15, -0.1) is 0 Å². The molecular weight excluding hydrogens is 1490 g/mol. The van der Waals surface area contributed by atoms with Gasteiger partial charge in [0.25, 0.3) is 0 Å². The minimum atomic E-state index is -1.98. The number of hydrogen-bond donors (Lipinski definition) is 12. The Balaban J connectivity index is 1.33. The highest BCUT2D eigenvalue weighted by molar-refractivity contribution is 5.76. The molecule has 17 unspecified atom stereocenters. The Morgan fingerprint density at radius 3 is 0.915 bits per heavy atom. The average Bonchev–Trinajstić information content (AvgIpc) is 0.777. The summed E-state index contributed by atoms with van der Waals surface area (Å²) in [6.07, 6.45) is 85.2. The lowest BCUT2D eigenvalue weighted by Gasteiger charge is -2.48. The third-order valence-corrected chi connectivity index (χ3v) is 22.4. The number of carbonyl (C=O) groups is 1. The van der Waals surface area contributed by atoms with E-state index in [9.17, 15) is 61.0 Å². The van der Waals surface area contributed by atoms with Crippen molar-refractivity contribution in [1.82, 2.24) is 5.32 Å². The number of rotatable bonds is 75. The van der Waals surface area contributed by atoms with E-state index in [1.807, 2.05) is 0 Å². The van der Waals surface area contributed by atoms with Crippen molar-refractivity contribution in [2.75, 3.05) is 26.4 Å². The predicted molar refractivity (Wildman–Crippen MR) is 479 cm³/mol. The van der Waals surface area contributed by atoms with Crippen LogP contribution in [-0.2, 0) is 33.2 Å². The maximum atomic E-state index is 13.5. The minimum Gasteiger partial charge on any atom is -0.394 e. The van der Waals surface area contributed by atoms with E-state index in [0.717, 1.165) is 122 Å². The Morgan fingerprint density at radius 2 is 0.585 bits per heavy atom. The highest BCUT2D eigenvalue weighted by Gasteiger charge is 2.54. The fourth-order valence-corrected chi connectivity index (χ4v) is 15.0. The molecule has 0 aromatic carbocycles. The topological polar surface area (TPSA) is 307 Å². The summed E-state index contributed by atoms with van der Waals surface area (Å²) in [5.41, 5.74) is 0. The Morgan fingerprint density at radius 1 is 0.314 bits per heavy atom. The molecule has 118 heavy (non-hydrogen) atoms. The first-order chi connectivity index (χ1) is 57.8. The van der Waals surface area contributed by atoms with E-state index < -0.39 is 124 Å². The van der Waals surface area contributed by atoms with Gasteiger partial charge in [-0.1, -0.05) is 378 Å². The molecule has 3 heterocycles. The monoisotopic (exact) mass is 1660 g/mol. The molecule has 678 valence electrons. The third kappa shape index (κ3) is 53.6. The van der Waals surface area contributed by atoms with Crippen molar-refractivity contribution >= 4 is 5.91 Å². The zero-order valence-corrected chi connectivity index (χ0v) is 73.3. The van der Waals surface area contributed by atoms with Gasteiger partial charge in [-0.2, -0.15) is 0 Å². The van der Waals surface area contributed by atoms with Gasteiger partial charge < -0.3 is 89.9 Å². The van der Waals surface area contributed by atoms with Crippen LogP contribution in [0.3, 0.4) is 0 Å². The number of aliphatic hydroxyl groups is 11. The molecule has 3 aliphatic rings. The number of allylic oxidation sites excluding steroid dienone is 24. The Kier molecular flexibility index (Phi) is 69.8. The second-order valence-corrected chi connectivity index (χ2v) is 32.7. The quantitative estimate of drug-likeness (QED) is 0.0199. The lowest BCUT2D eigenvalue weighted by molar-refractivity contribution is -0.379. The number of unbranched alkanes of at least 4 members (excludes halogenated alkanes) is 35. The van der Waals surface area contributed by atoms with Gasteiger partial charge in [-0.05, 0) is 103 Å². The molecule has 3 saturated heterocycles. The Labute approximate surface area is 714 Å². The largest absolute Gasteiger partial charge is 0.394 e. The molecule has 17 atom stereocenters. The van der Waals surface area contributed by atoms with Crippen molar-refractivity contribution in [3.63, 3.8) is 0 Å². The van der Waals surface area contributed by atoms with Crippen molar-refractivity contribution in [2.24, 2.45) is 0 Å². The first-order valence-electron chi connectivity index (χ1n) is 47.1. The second kappa shape index (κ2) is 76.3. The Hall–Kier alpha value is -4.33. The number of aliphatic hydroxyl groups excluding tert-OH is 11. The summed E-state index contributed by atoms with van der Waals surface area (Å²) in [5.74, 6) is -0.269. The smallest absolute Gasteiger partial charge is 0.220 e. The van der Waals surface area contributed by atoms with Crippen LogP contribution >= 0.6 is 0 Å². The number of nitrogens with one attached hydrogen (secondary N) is 1. The van der Waals surface area contributed by atoms with Crippen molar-refractivity contribution in [1.29, 1.82) is 0 Å². The summed E-state index contributed by atoms with van der Waals surface area (Å²) in [4.78, 5) is 13.5. The van der Waals surface area contributed by atoms with Crippen LogP contribution in [-0.4, -0.2) is 193 Å². The third-order valence-electron chi connectivity index (χ3n) is 22.4. The van der Waals surface area contributed by atoms with Gasteiger partial charge in [0.15, 0.2) is 18.9 Å². The molecule has 0 aliphatic carbocycles. The molecule has 3 fully saturated rings. The predicted octanol–water partition coefficient (Wildman–Crippen LogP) is 18.9. The summed E-state index contributed by atoms with van der Waals surface area (Å²) in [6, 6.07) is -0.915. The lowest BCUT2D eigenvalue weighted by atomic mass is 9.96. The maximum Gasteiger partial charge on any atom is 0.220 e. The number of amides is 1. The molecule has 19 nitrogen and oxygen atoms in total. The maximum absolute atomic E-state index is 13.5. The molecule has 19 heteroatoms. The molecule has 0 spiro atoms.